The molecule has 0 N–H and O–H groups in total. The summed E-state index contributed by atoms with van der Waals surface area (Å²) in [5.41, 5.74) is 0.642. The van der Waals surface area contributed by atoms with Crippen molar-refractivity contribution in [3.63, 3.8) is 0 Å². The molecule has 0 aromatic heterocycles. The van der Waals surface area contributed by atoms with Crippen molar-refractivity contribution in [2.75, 3.05) is 0 Å². The summed E-state index contributed by atoms with van der Waals surface area (Å²) in [5, 5.41) is 0. The van der Waals surface area contributed by atoms with Crippen molar-refractivity contribution in [2.24, 2.45) is 23.2 Å². The van der Waals surface area contributed by atoms with Crippen LogP contribution in [0.1, 0.15) is 46.5 Å². The molecule has 0 amide bonds. The maximum atomic E-state index is 2.53. The minimum Gasteiger partial charge on any atom is -0.0882 e. The fourth-order valence-electron chi connectivity index (χ4n) is 3.73. The topological polar surface area (TPSA) is 0 Å². The number of fused-ring (bicyclic) bond motifs is 1. The van der Waals surface area contributed by atoms with E-state index in [9.17, 15) is 0 Å². The van der Waals surface area contributed by atoms with E-state index in [4.69, 9.17) is 0 Å². The molecular formula is C13H22. The van der Waals surface area contributed by atoms with Gasteiger partial charge < -0.3 is 0 Å². The maximum Gasteiger partial charge on any atom is -0.0177 e. The second kappa shape index (κ2) is 3.15. The predicted octanol–water partition coefficient (Wildman–Crippen LogP) is 4.02. The van der Waals surface area contributed by atoms with Gasteiger partial charge in [-0.1, -0.05) is 32.9 Å². The zero-order valence-electron chi connectivity index (χ0n) is 9.22. The quantitative estimate of drug-likeness (QED) is 0.532. The number of hydrogen-bond acceptors (Lipinski definition) is 0. The van der Waals surface area contributed by atoms with E-state index in [1.54, 1.807) is 0 Å². The Hall–Kier alpha value is -0.260. The molecule has 13 heavy (non-hydrogen) atoms. The smallest absolute Gasteiger partial charge is 0.0177 e. The van der Waals surface area contributed by atoms with Crippen LogP contribution in [-0.4, -0.2) is 0 Å². The fraction of sp³-hybridized carbons (Fsp3) is 0.846. The molecule has 0 bridgehead atoms. The lowest BCUT2D eigenvalue weighted by atomic mass is 9.65. The van der Waals surface area contributed by atoms with Crippen LogP contribution < -0.4 is 0 Å². The molecule has 0 nitrogen and oxygen atoms in total. The Morgan fingerprint density at radius 3 is 2.77 bits per heavy atom. The third kappa shape index (κ3) is 1.35. The van der Waals surface area contributed by atoms with Gasteiger partial charge in [0.15, 0.2) is 0 Å². The first-order valence-electron chi connectivity index (χ1n) is 5.81. The molecule has 2 rings (SSSR count). The molecule has 0 aromatic rings. The third-order valence-electron chi connectivity index (χ3n) is 4.51. The maximum absolute atomic E-state index is 2.53. The highest BCUT2D eigenvalue weighted by Crippen LogP contribution is 2.55. The van der Waals surface area contributed by atoms with E-state index in [1.807, 2.05) is 0 Å². The van der Waals surface area contributed by atoms with E-state index in [2.05, 4.69) is 32.9 Å². The second-order valence-corrected chi connectivity index (χ2v) is 5.51. The van der Waals surface area contributed by atoms with Gasteiger partial charge in [0.05, 0.1) is 0 Å². The average molecular weight is 178 g/mol. The SMILES string of the molecule is CC(C)C1CCC2C=CCCC21C. The van der Waals surface area contributed by atoms with Crippen LogP contribution in [0, 0.1) is 23.2 Å². The Kier molecular flexibility index (Phi) is 2.25. The fourth-order valence-corrected chi connectivity index (χ4v) is 3.73. The Labute approximate surface area is 82.4 Å². The van der Waals surface area contributed by atoms with Gasteiger partial charge in [0.1, 0.15) is 0 Å². The number of rotatable bonds is 1. The molecule has 0 heteroatoms. The summed E-state index contributed by atoms with van der Waals surface area (Å²) < 4.78 is 0. The van der Waals surface area contributed by atoms with Crippen molar-refractivity contribution < 1.29 is 0 Å². The number of allylic oxidation sites excluding steroid dienone is 2. The normalized spacial score (nSPS) is 44.0. The van der Waals surface area contributed by atoms with E-state index < -0.39 is 0 Å². The molecule has 0 spiro atoms. The zero-order valence-corrected chi connectivity index (χ0v) is 9.22. The molecule has 3 unspecified atom stereocenters. The standard InChI is InChI=1S/C13H22/c1-10(2)12-8-7-11-6-4-5-9-13(11,12)3/h4,6,10-12H,5,7-9H2,1-3H3. The van der Waals surface area contributed by atoms with Gasteiger partial charge in [-0.25, -0.2) is 0 Å². The summed E-state index contributed by atoms with van der Waals surface area (Å²) in [6.45, 7) is 7.33. The van der Waals surface area contributed by atoms with Crippen LogP contribution in [0.4, 0.5) is 0 Å². The van der Waals surface area contributed by atoms with Crippen molar-refractivity contribution in [2.45, 2.75) is 46.5 Å². The molecule has 0 saturated heterocycles. The summed E-state index contributed by atoms with van der Waals surface area (Å²) in [6, 6.07) is 0. The van der Waals surface area contributed by atoms with Gasteiger partial charge in [-0.2, -0.15) is 0 Å². The summed E-state index contributed by atoms with van der Waals surface area (Å²) in [4.78, 5) is 0. The van der Waals surface area contributed by atoms with E-state index in [-0.39, 0.29) is 0 Å². The van der Waals surface area contributed by atoms with Crippen LogP contribution in [0.5, 0.6) is 0 Å². The van der Waals surface area contributed by atoms with Gasteiger partial charge in [0, 0.05) is 0 Å². The predicted molar refractivity (Wildman–Crippen MR) is 57.5 cm³/mol. The van der Waals surface area contributed by atoms with Crippen LogP contribution in [-0.2, 0) is 0 Å². The van der Waals surface area contributed by atoms with Crippen molar-refractivity contribution in [1.82, 2.24) is 0 Å². The molecule has 1 fully saturated rings. The van der Waals surface area contributed by atoms with Crippen LogP contribution in [0.25, 0.3) is 0 Å². The number of hydrogen-bond donors (Lipinski definition) is 0. The van der Waals surface area contributed by atoms with Gasteiger partial charge >= 0.3 is 0 Å². The first-order chi connectivity index (χ1) is 6.14. The van der Waals surface area contributed by atoms with Gasteiger partial charge in [0.2, 0.25) is 0 Å². The van der Waals surface area contributed by atoms with Crippen LogP contribution >= 0.6 is 0 Å². The zero-order chi connectivity index (χ0) is 9.47. The van der Waals surface area contributed by atoms with Crippen LogP contribution in [0.3, 0.4) is 0 Å². The summed E-state index contributed by atoms with van der Waals surface area (Å²) in [5.74, 6) is 2.75. The lowest BCUT2D eigenvalue weighted by Crippen LogP contribution is -2.32. The van der Waals surface area contributed by atoms with E-state index in [0.717, 1.165) is 17.8 Å². The molecule has 2 aliphatic carbocycles. The highest BCUT2D eigenvalue weighted by atomic mass is 14.5. The molecular weight excluding hydrogens is 156 g/mol. The summed E-state index contributed by atoms with van der Waals surface area (Å²) >= 11 is 0. The van der Waals surface area contributed by atoms with Crippen molar-refractivity contribution in [3.8, 4) is 0 Å². The first-order valence-corrected chi connectivity index (χ1v) is 5.81. The summed E-state index contributed by atoms with van der Waals surface area (Å²) in [6.07, 6.45) is 10.5. The Morgan fingerprint density at radius 1 is 1.31 bits per heavy atom. The highest BCUT2D eigenvalue weighted by Gasteiger charge is 2.46. The van der Waals surface area contributed by atoms with Crippen molar-refractivity contribution in [3.05, 3.63) is 12.2 Å². The summed E-state index contributed by atoms with van der Waals surface area (Å²) in [7, 11) is 0. The van der Waals surface area contributed by atoms with Gasteiger partial charge in [-0.05, 0) is 48.9 Å². The third-order valence-corrected chi connectivity index (χ3v) is 4.51. The molecule has 0 aromatic carbocycles. The Balaban J connectivity index is 2.22. The largest absolute Gasteiger partial charge is 0.0882 e. The van der Waals surface area contributed by atoms with Crippen LogP contribution in [0.15, 0.2) is 12.2 Å². The highest BCUT2D eigenvalue weighted by molar-refractivity contribution is 5.08. The van der Waals surface area contributed by atoms with Gasteiger partial charge in [-0.15, -0.1) is 0 Å². The van der Waals surface area contributed by atoms with E-state index in [0.29, 0.717) is 5.41 Å². The molecule has 0 heterocycles. The first kappa shape index (κ1) is 9.30. The lowest BCUT2D eigenvalue weighted by molar-refractivity contribution is 0.124. The Bertz CT molecular complexity index is 214. The minimum atomic E-state index is 0.642. The lowest BCUT2D eigenvalue weighted by Gasteiger charge is -2.40. The molecule has 74 valence electrons. The van der Waals surface area contributed by atoms with Crippen molar-refractivity contribution >= 4 is 0 Å². The van der Waals surface area contributed by atoms with Gasteiger partial charge in [-0.3, -0.25) is 0 Å². The monoisotopic (exact) mass is 178 g/mol. The molecule has 3 atom stereocenters. The average Bonchev–Trinajstić information content (AvgIpc) is 2.41. The second-order valence-electron chi connectivity index (χ2n) is 5.51. The van der Waals surface area contributed by atoms with Gasteiger partial charge in [0.25, 0.3) is 0 Å². The Morgan fingerprint density at radius 2 is 2.08 bits per heavy atom. The van der Waals surface area contributed by atoms with E-state index in [1.165, 1.54) is 25.7 Å². The van der Waals surface area contributed by atoms with Crippen LogP contribution in [0.2, 0.25) is 0 Å². The van der Waals surface area contributed by atoms with Crippen molar-refractivity contribution in [1.29, 1.82) is 0 Å². The van der Waals surface area contributed by atoms with E-state index >= 15 is 0 Å². The minimum absolute atomic E-state index is 0.642. The molecule has 0 radical (unpaired) electrons. The molecule has 2 aliphatic rings. The molecule has 0 aliphatic heterocycles. The molecule has 1 saturated carbocycles.